The van der Waals surface area contributed by atoms with Gasteiger partial charge in [-0.15, -0.1) is 11.8 Å². The number of thioether (sulfide) groups is 1. The molecule has 0 spiro atoms. The zero-order valence-corrected chi connectivity index (χ0v) is 22.9. The first-order valence-electron chi connectivity index (χ1n) is 12.1. The van der Waals surface area contributed by atoms with Crippen molar-refractivity contribution in [3.63, 3.8) is 0 Å². The summed E-state index contributed by atoms with van der Waals surface area (Å²) in [5, 5.41) is 24.9. The molecule has 1 aromatic heterocycles. The van der Waals surface area contributed by atoms with Crippen LogP contribution in [0.15, 0.2) is 26.6 Å². The second-order valence-corrected chi connectivity index (χ2v) is 10.9. The number of fused-ring (bicyclic) bond motifs is 1. The minimum atomic E-state index is -1.32. The number of hydrogen-bond acceptors (Lipinski definition) is 14. The number of nitrogens with zero attached hydrogens (tertiary/aromatic N) is 7. The maximum atomic E-state index is 12.9. The number of hydrogen-bond donors (Lipinski definition) is 5. The van der Waals surface area contributed by atoms with Crippen LogP contribution >= 0.6 is 23.3 Å². The number of rotatable bonds is 11. The number of carboxylic acid groups (broad SMARTS) is 1. The van der Waals surface area contributed by atoms with Gasteiger partial charge in [-0.1, -0.05) is 5.16 Å². The van der Waals surface area contributed by atoms with Gasteiger partial charge in [0.1, 0.15) is 23.5 Å². The highest BCUT2D eigenvalue weighted by molar-refractivity contribution is 8.00. The fraction of sp³-hybridized carbons (Fsp3) is 0.524. The number of amides is 2. The highest BCUT2D eigenvalue weighted by Gasteiger charge is 2.54. The zero-order valence-electron chi connectivity index (χ0n) is 21.3. The number of halogens is 1. The van der Waals surface area contributed by atoms with E-state index in [1.54, 1.807) is 7.05 Å². The molecule has 7 N–H and O–H groups in total. The maximum absolute atomic E-state index is 12.9. The van der Waals surface area contributed by atoms with Crippen molar-refractivity contribution in [2.75, 3.05) is 25.4 Å². The van der Waals surface area contributed by atoms with Gasteiger partial charge in [0, 0.05) is 42.0 Å². The Morgan fingerprint density at radius 2 is 2.10 bits per heavy atom. The average molecular weight is 598 g/mol. The molecule has 3 heterocycles. The van der Waals surface area contributed by atoms with E-state index in [1.165, 1.54) is 29.3 Å². The number of aliphatic carboxylic acids is 1. The minimum absolute atomic E-state index is 0.0394. The molecule has 216 valence electrons. The zero-order chi connectivity index (χ0) is 28.8. The van der Waals surface area contributed by atoms with Crippen LogP contribution in [0.25, 0.3) is 0 Å². The van der Waals surface area contributed by atoms with E-state index in [0.29, 0.717) is 5.57 Å². The molecule has 4 rings (SSSR count). The molecule has 2 aliphatic heterocycles. The molecule has 2 amide bonds. The predicted molar refractivity (Wildman–Crippen MR) is 146 cm³/mol. The lowest BCUT2D eigenvalue weighted by Gasteiger charge is -2.49. The van der Waals surface area contributed by atoms with Crippen LogP contribution in [0.4, 0.5) is 9.52 Å². The van der Waals surface area contributed by atoms with Gasteiger partial charge >= 0.3 is 5.97 Å². The summed E-state index contributed by atoms with van der Waals surface area (Å²) in [6.07, 6.45) is 6.55. The monoisotopic (exact) mass is 597 g/mol. The third-order valence-corrected chi connectivity index (χ3v) is 8.05. The number of aromatic nitrogens is 2. The molecule has 0 aromatic carbocycles. The largest absolute Gasteiger partial charge is 0.477 e. The van der Waals surface area contributed by atoms with Crippen molar-refractivity contribution in [1.82, 2.24) is 30.0 Å². The predicted octanol–water partition coefficient (Wildman–Crippen LogP) is -0.773. The van der Waals surface area contributed by atoms with Gasteiger partial charge in [0.2, 0.25) is 11.5 Å². The van der Waals surface area contributed by atoms with Crippen molar-refractivity contribution < 1.29 is 28.7 Å². The van der Waals surface area contributed by atoms with E-state index in [2.05, 4.69) is 40.3 Å². The van der Waals surface area contributed by atoms with Crippen LogP contribution in [-0.2, 0) is 19.2 Å². The van der Waals surface area contributed by atoms with Crippen LogP contribution in [0, 0.1) is 0 Å². The van der Waals surface area contributed by atoms with Crippen LogP contribution in [0.3, 0.4) is 0 Å². The maximum Gasteiger partial charge on any atom is 0.353 e. The third kappa shape index (κ3) is 6.65. The number of alkyl halides is 1. The van der Waals surface area contributed by atoms with E-state index < -0.39 is 41.8 Å². The molecule has 1 saturated heterocycles. The van der Waals surface area contributed by atoms with Gasteiger partial charge in [-0.05, 0) is 25.7 Å². The van der Waals surface area contributed by atoms with Crippen LogP contribution < -0.4 is 22.2 Å². The fourth-order valence-corrected chi connectivity index (χ4v) is 5.95. The summed E-state index contributed by atoms with van der Waals surface area (Å²) in [7, 11) is 1.63. The van der Waals surface area contributed by atoms with E-state index in [9.17, 15) is 23.9 Å². The van der Waals surface area contributed by atoms with Gasteiger partial charge in [-0.25, -0.2) is 9.18 Å². The summed E-state index contributed by atoms with van der Waals surface area (Å²) in [4.78, 5) is 47.1. The number of carbonyl (C=O) groups excluding carboxylic acids is 2. The van der Waals surface area contributed by atoms with Gasteiger partial charge in [-0.3, -0.25) is 19.5 Å². The SMILES string of the molecule is CN(/C=N/N[C@H]1CC[C@H](N)CC1)N=CC1=C(C(=O)O)N2C(=O)C(NC(=O)/C(=N\OCF)c3nsc(N)n3)[C@@H]2SC1. The molecule has 40 heavy (non-hydrogen) atoms. The quantitative estimate of drug-likeness (QED) is 0.0917. The van der Waals surface area contributed by atoms with Crippen molar-refractivity contribution in [1.29, 1.82) is 0 Å². The molecule has 1 aromatic rings. The van der Waals surface area contributed by atoms with Crippen molar-refractivity contribution in [2.45, 2.75) is 49.2 Å². The first-order chi connectivity index (χ1) is 19.2. The summed E-state index contributed by atoms with van der Waals surface area (Å²) in [5.74, 6) is -2.89. The lowest BCUT2D eigenvalue weighted by Crippen LogP contribution is -2.71. The molecule has 0 radical (unpaired) electrons. The highest BCUT2D eigenvalue weighted by atomic mass is 32.2. The summed E-state index contributed by atoms with van der Waals surface area (Å²) < 4.78 is 16.4. The fourth-order valence-electron chi connectivity index (χ4n) is 4.22. The van der Waals surface area contributed by atoms with Crippen LogP contribution in [0.5, 0.6) is 0 Å². The number of oxime groups is 1. The molecule has 3 aliphatic rings. The Morgan fingerprint density at radius 3 is 2.75 bits per heavy atom. The molecule has 1 unspecified atom stereocenters. The molecular weight excluding hydrogens is 569 g/mol. The van der Waals surface area contributed by atoms with Crippen molar-refractivity contribution in [3.8, 4) is 0 Å². The van der Waals surface area contributed by atoms with E-state index in [-0.39, 0.29) is 34.5 Å². The number of nitrogens with two attached hydrogens (primary N) is 2. The normalized spacial score (nSPS) is 25.1. The number of anilines is 1. The Kier molecular flexibility index (Phi) is 9.48. The summed E-state index contributed by atoms with van der Waals surface area (Å²) in [5.41, 5.74) is 14.1. The Morgan fingerprint density at radius 1 is 1.35 bits per heavy atom. The van der Waals surface area contributed by atoms with Gasteiger partial charge in [0.15, 0.2) is 5.13 Å². The molecule has 19 heteroatoms. The van der Waals surface area contributed by atoms with Crippen LogP contribution in [0.1, 0.15) is 31.5 Å². The Hall–Kier alpha value is -3.84. The van der Waals surface area contributed by atoms with E-state index >= 15 is 0 Å². The minimum Gasteiger partial charge on any atom is -0.477 e. The number of carbonyl (C=O) groups is 3. The van der Waals surface area contributed by atoms with Crippen LogP contribution in [-0.4, -0.2) is 104 Å². The van der Waals surface area contributed by atoms with E-state index in [1.807, 2.05) is 0 Å². The number of carboxylic acids is 1. The van der Waals surface area contributed by atoms with E-state index in [0.717, 1.165) is 42.1 Å². The Balaban J connectivity index is 1.40. The number of hydrazone groups is 2. The summed E-state index contributed by atoms with van der Waals surface area (Å²) in [6, 6.07) is -0.605. The van der Waals surface area contributed by atoms with Gasteiger partial charge < -0.3 is 32.2 Å². The van der Waals surface area contributed by atoms with Gasteiger partial charge in [0.25, 0.3) is 18.7 Å². The van der Waals surface area contributed by atoms with Crippen molar-refractivity contribution in [2.24, 2.45) is 21.1 Å². The summed E-state index contributed by atoms with van der Waals surface area (Å²) >= 11 is 2.02. The Bertz CT molecular complexity index is 1250. The Labute approximate surface area is 235 Å². The number of nitrogen functional groups attached to an aromatic ring is 1. The average Bonchev–Trinajstić information content (AvgIpc) is 3.36. The lowest BCUT2D eigenvalue weighted by molar-refractivity contribution is -0.150. The molecule has 0 bridgehead atoms. The first kappa shape index (κ1) is 29.2. The van der Waals surface area contributed by atoms with Gasteiger partial charge in [0.05, 0.1) is 6.21 Å². The molecule has 16 nitrogen and oxygen atoms in total. The van der Waals surface area contributed by atoms with E-state index in [4.69, 9.17) is 11.5 Å². The van der Waals surface area contributed by atoms with Gasteiger partial charge in [-0.2, -0.15) is 19.6 Å². The van der Waals surface area contributed by atoms with Crippen molar-refractivity contribution >= 4 is 64.5 Å². The number of nitrogens with one attached hydrogen (secondary N) is 2. The molecule has 1 saturated carbocycles. The topological polar surface area (TPSA) is 226 Å². The molecule has 2 atom stereocenters. The molecular formula is C21H28FN11O5S2. The summed E-state index contributed by atoms with van der Waals surface area (Å²) in [6.45, 7) is -1.31. The second-order valence-electron chi connectivity index (χ2n) is 8.98. The van der Waals surface area contributed by atoms with Crippen molar-refractivity contribution in [3.05, 3.63) is 17.1 Å². The molecule has 1 aliphatic carbocycles. The smallest absolute Gasteiger partial charge is 0.353 e. The number of β-lactam (4-membered cyclic amide) rings is 1. The third-order valence-electron chi connectivity index (χ3n) is 6.21. The second kappa shape index (κ2) is 13.0. The van der Waals surface area contributed by atoms with Crippen LogP contribution in [0.2, 0.25) is 0 Å². The first-order valence-corrected chi connectivity index (χ1v) is 13.9. The highest BCUT2D eigenvalue weighted by Crippen LogP contribution is 2.40. The lowest BCUT2D eigenvalue weighted by atomic mass is 9.92. The standard InChI is InChI=1S/C21H28FN11O5S2/c1-32(9-25-29-12-4-2-11(23)3-5-12)26-6-10-7-39-19-14(18(35)33(19)15(10)20(36)37)27-17(34)13(30-38-8-22)16-28-21(24)40-31-16/h6,9,11-12,14,19,29H,2-5,7-8,23H2,1H3,(H,27,34)(H,36,37)(H2,24,28,31)/b25-9+,26-6?,30-13-/t11-,12-,14?,19-/m0/s1. The molecule has 2 fully saturated rings.